The van der Waals surface area contributed by atoms with E-state index in [1.165, 1.54) is 0 Å². The van der Waals surface area contributed by atoms with Crippen molar-refractivity contribution in [3.8, 4) is 11.5 Å². The Bertz CT molecular complexity index is 754. The van der Waals surface area contributed by atoms with Crippen molar-refractivity contribution < 1.29 is 19.4 Å². The lowest BCUT2D eigenvalue weighted by molar-refractivity contribution is -0.134. The molecule has 0 fully saturated rings. The Kier molecular flexibility index (Phi) is 6.17. The molecular weight excluding hydrogens is 318 g/mol. The van der Waals surface area contributed by atoms with E-state index < -0.39 is 5.97 Å². The average Bonchev–Trinajstić information content (AvgIpc) is 2.61. The van der Waals surface area contributed by atoms with Crippen molar-refractivity contribution >= 4 is 11.9 Å². The van der Waals surface area contributed by atoms with Crippen LogP contribution in [0, 0.1) is 0 Å². The molecule has 0 bridgehead atoms. The van der Waals surface area contributed by atoms with Crippen molar-refractivity contribution in [2.45, 2.75) is 39.7 Å². The minimum atomic E-state index is -0.396. The van der Waals surface area contributed by atoms with Gasteiger partial charge in [-0.25, -0.2) is 0 Å². The van der Waals surface area contributed by atoms with Crippen LogP contribution in [0.4, 0.5) is 0 Å². The second kappa shape index (κ2) is 8.33. The Morgan fingerprint density at radius 1 is 1.12 bits per heavy atom. The third kappa shape index (κ3) is 4.59. The molecule has 0 spiro atoms. The molecule has 0 atom stereocenters. The van der Waals surface area contributed by atoms with Crippen molar-refractivity contribution in [2.24, 2.45) is 0 Å². The highest BCUT2D eigenvalue weighted by molar-refractivity contribution is 5.94. The zero-order valence-electron chi connectivity index (χ0n) is 14.7. The Morgan fingerprint density at radius 2 is 1.80 bits per heavy atom. The number of amides is 1. The lowest BCUT2D eigenvalue weighted by Crippen LogP contribution is -2.23. The lowest BCUT2D eigenvalue weighted by Gasteiger charge is -2.17. The van der Waals surface area contributed by atoms with E-state index in [2.05, 4.69) is 5.32 Å². The SMILES string of the molecule is CCC(=O)Oc1ccc(C(C)C)c(O)c1CNC(=O)c1ccccc1. The Morgan fingerprint density at radius 3 is 2.40 bits per heavy atom. The summed E-state index contributed by atoms with van der Waals surface area (Å²) in [6.45, 7) is 5.67. The molecular formula is C20H23NO4. The smallest absolute Gasteiger partial charge is 0.310 e. The van der Waals surface area contributed by atoms with Crippen LogP contribution in [-0.4, -0.2) is 17.0 Å². The third-order valence-electron chi connectivity index (χ3n) is 3.87. The van der Waals surface area contributed by atoms with Crippen LogP contribution < -0.4 is 10.1 Å². The van der Waals surface area contributed by atoms with Gasteiger partial charge < -0.3 is 15.2 Å². The number of nitrogens with one attached hydrogen (secondary N) is 1. The number of phenolic OH excluding ortho intramolecular Hbond substituents is 1. The number of esters is 1. The maximum atomic E-state index is 12.2. The van der Waals surface area contributed by atoms with Crippen LogP contribution in [0.1, 0.15) is 54.6 Å². The van der Waals surface area contributed by atoms with Crippen molar-refractivity contribution in [1.29, 1.82) is 0 Å². The predicted molar refractivity (Wildman–Crippen MR) is 95.7 cm³/mol. The summed E-state index contributed by atoms with van der Waals surface area (Å²) in [5.74, 6) is -0.249. The minimum absolute atomic E-state index is 0.0461. The van der Waals surface area contributed by atoms with Crippen LogP contribution in [0.15, 0.2) is 42.5 Å². The van der Waals surface area contributed by atoms with E-state index in [9.17, 15) is 14.7 Å². The predicted octanol–water partition coefficient (Wildman–Crippen LogP) is 3.76. The van der Waals surface area contributed by atoms with Gasteiger partial charge in [-0.1, -0.05) is 45.0 Å². The highest BCUT2D eigenvalue weighted by Gasteiger charge is 2.18. The molecule has 0 aliphatic heterocycles. The maximum Gasteiger partial charge on any atom is 0.310 e. The molecule has 132 valence electrons. The fraction of sp³-hybridized carbons (Fsp3) is 0.300. The number of phenols is 1. The van der Waals surface area contributed by atoms with Gasteiger partial charge in [0.15, 0.2) is 0 Å². The van der Waals surface area contributed by atoms with Gasteiger partial charge in [0, 0.05) is 12.0 Å². The van der Waals surface area contributed by atoms with Crippen LogP contribution in [0.2, 0.25) is 0 Å². The maximum absolute atomic E-state index is 12.2. The standard InChI is InChI=1S/C20H23NO4/c1-4-18(22)25-17-11-10-15(13(2)3)19(23)16(17)12-21-20(24)14-8-6-5-7-9-14/h5-11,13,23H,4,12H2,1-3H3,(H,21,24). The van der Waals surface area contributed by atoms with Crippen molar-refractivity contribution in [2.75, 3.05) is 0 Å². The average molecular weight is 341 g/mol. The van der Waals surface area contributed by atoms with Gasteiger partial charge in [0.25, 0.3) is 5.91 Å². The van der Waals surface area contributed by atoms with E-state index in [0.717, 1.165) is 5.56 Å². The van der Waals surface area contributed by atoms with E-state index >= 15 is 0 Å². The van der Waals surface area contributed by atoms with Crippen LogP contribution in [0.5, 0.6) is 11.5 Å². The molecule has 0 aliphatic rings. The van der Waals surface area contributed by atoms with Gasteiger partial charge in [-0.15, -0.1) is 0 Å². The monoisotopic (exact) mass is 341 g/mol. The van der Waals surface area contributed by atoms with Crippen molar-refractivity contribution in [3.05, 3.63) is 59.2 Å². The van der Waals surface area contributed by atoms with Gasteiger partial charge in [-0.05, 0) is 29.7 Å². The number of carbonyl (C=O) groups is 2. The first-order chi connectivity index (χ1) is 11.9. The summed E-state index contributed by atoms with van der Waals surface area (Å²) in [5, 5.41) is 13.3. The van der Waals surface area contributed by atoms with Gasteiger partial charge >= 0.3 is 5.97 Å². The zero-order chi connectivity index (χ0) is 18.4. The molecule has 2 N–H and O–H groups in total. The number of aromatic hydroxyl groups is 1. The van der Waals surface area contributed by atoms with E-state index in [1.54, 1.807) is 43.3 Å². The largest absolute Gasteiger partial charge is 0.507 e. The molecule has 0 radical (unpaired) electrons. The molecule has 5 heteroatoms. The minimum Gasteiger partial charge on any atom is -0.507 e. The molecule has 0 heterocycles. The van der Waals surface area contributed by atoms with Crippen molar-refractivity contribution in [3.63, 3.8) is 0 Å². The van der Waals surface area contributed by atoms with Gasteiger partial charge in [0.2, 0.25) is 0 Å². The van der Waals surface area contributed by atoms with Crippen LogP contribution in [-0.2, 0) is 11.3 Å². The fourth-order valence-electron chi connectivity index (χ4n) is 2.42. The number of carbonyl (C=O) groups excluding carboxylic acids is 2. The molecule has 0 saturated heterocycles. The Hall–Kier alpha value is -2.82. The topological polar surface area (TPSA) is 75.6 Å². The summed E-state index contributed by atoms with van der Waals surface area (Å²) in [7, 11) is 0. The molecule has 0 aliphatic carbocycles. The van der Waals surface area contributed by atoms with E-state index in [1.807, 2.05) is 19.9 Å². The quantitative estimate of drug-likeness (QED) is 0.619. The summed E-state index contributed by atoms with van der Waals surface area (Å²) in [6.07, 6.45) is 0.225. The van der Waals surface area contributed by atoms with Crippen LogP contribution in [0.25, 0.3) is 0 Å². The highest BCUT2D eigenvalue weighted by atomic mass is 16.5. The molecule has 1 amide bonds. The first kappa shape index (κ1) is 18.5. The van der Waals surface area contributed by atoms with Crippen molar-refractivity contribution in [1.82, 2.24) is 5.32 Å². The first-order valence-electron chi connectivity index (χ1n) is 8.32. The number of rotatable bonds is 6. The summed E-state index contributed by atoms with van der Waals surface area (Å²) in [5.41, 5.74) is 1.66. The van der Waals surface area contributed by atoms with Gasteiger partial charge in [-0.3, -0.25) is 9.59 Å². The van der Waals surface area contributed by atoms with E-state index in [4.69, 9.17) is 4.74 Å². The molecule has 2 aromatic rings. The van der Waals surface area contributed by atoms with Crippen LogP contribution >= 0.6 is 0 Å². The van der Waals surface area contributed by atoms with Gasteiger partial charge in [-0.2, -0.15) is 0 Å². The molecule has 2 rings (SSSR count). The van der Waals surface area contributed by atoms with E-state index in [-0.39, 0.29) is 36.3 Å². The third-order valence-corrected chi connectivity index (χ3v) is 3.87. The molecule has 0 unspecified atom stereocenters. The Labute approximate surface area is 147 Å². The summed E-state index contributed by atoms with van der Waals surface area (Å²) in [6, 6.07) is 12.2. The normalized spacial score (nSPS) is 10.6. The second-order valence-corrected chi connectivity index (χ2v) is 6.01. The number of benzene rings is 2. The first-order valence-corrected chi connectivity index (χ1v) is 8.32. The molecule has 2 aromatic carbocycles. The fourth-order valence-corrected chi connectivity index (χ4v) is 2.42. The second-order valence-electron chi connectivity index (χ2n) is 6.01. The summed E-state index contributed by atoms with van der Waals surface area (Å²) in [4.78, 5) is 23.9. The molecule has 0 saturated carbocycles. The molecule has 5 nitrogen and oxygen atoms in total. The number of hydrogen-bond acceptors (Lipinski definition) is 4. The molecule has 25 heavy (non-hydrogen) atoms. The van der Waals surface area contributed by atoms with Gasteiger partial charge in [0.1, 0.15) is 11.5 Å². The van der Waals surface area contributed by atoms with Gasteiger partial charge in [0.05, 0.1) is 12.1 Å². The molecule has 0 aromatic heterocycles. The highest BCUT2D eigenvalue weighted by Crippen LogP contribution is 2.35. The number of ether oxygens (including phenoxy) is 1. The zero-order valence-corrected chi connectivity index (χ0v) is 14.7. The van der Waals surface area contributed by atoms with Crippen LogP contribution in [0.3, 0.4) is 0 Å². The Balaban J connectivity index is 2.28. The number of hydrogen-bond donors (Lipinski definition) is 2. The van der Waals surface area contributed by atoms with E-state index in [0.29, 0.717) is 11.1 Å². The lowest BCUT2D eigenvalue weighted by atomic mass is 9.98. The summed E-state index contributed by atoms with van der Waals surface area (Å²) >= 11 is 0. The summed E-state index contributed by atoms with van der Waals surface area (Å²) < 4.78 is 5.30.